The van der Waals surface area contributed by atoms with Crippen LogP contribution < -0.4 is 10.9 Å². The number of anilines is 1. The van der Waals surface area contributed by atoms with Gasteiger partial charge in [-0.3, -0.25) is 9.59 Å². The van der Waals surface area contributed by atoms with E-state index in [2.05, 4.69) is 5.10 Å². The van der Waals surface area contributed by atoms with Gasteiger partial charge in [0, 0.05) is 11.6 Å². The first-order valence-electron chi connectivity index (χ1n) is 10.2. The number of benzene rings is 2. The molecule has 13 heteroatoms. The lowest BCUT2D eigenvalue weighted by atomic mass is 10.0. The third-order valence-corrected chi connectivity index (χ3v) is 4.49. The predicted octanol–water partition coefficient (Wildman–Crippen LogP) is 4.33. The van der Waals surface area contributed by atoms with Crippen LogP contribution in [0.15, 0.2) is 53.3 Å². The summed E-state index contributed by atoms with van der Waals surface area (Å²) >= 11 is 0. The van der Waals surface area contributed by atoms with Crippen LogP contribution in [0.5, 0.6) is 0 Å². The normalized spacial score (nSPS) is 13.3. The zero-order valence-corrected chi connectivity index (χ0v) is 16.6. The molecule has 34 heavy (non-hydrogen) atoms. The third kappa shape index (κ3) is 5.25. The van der Waals surface area contributed by atoms with Crippen LogP contribution in [-0.2, 0) is 18.9 Å². The SMILES string of the molecule is [2H]C([2H])(O)Cn1nc(-c2ccccc2C(F)(F)F)c(NC(=O)c2cc(C(F)(F)F)ccc2F)cc1=O. The van der Waals surface area contributed by atoms with Crippen LogP contribution in [0, 0.1) is 5.82 Å². The minimum Gasteiger partial charge on any atom is -0.394 e. The predicted molar refractivity (Wildman–Crippen MR) is 105 cm³/mol. The van der Waals surface area contributed by atoms with E-state index in [4.69, 9.17) is 2.74 Å². The lowest BCUT2D eigenvalue weighted by Gasteiger charge is -2.17. The van der Waals surface area contributed by atoms with Crippen molar-refractivity contribution in [1.29, 1.82) is 0 Å². The number of aliphatic hydroxyl groups is 1. The Labute approximate surface area is 189 Å². The van der Waals surface area contributed by atoms with E-state index in [9.17, 15) is 45.4 Å². The molecule has 3 aromatic rings. The summed E-state index contributed by atoms with van der Waals surface area (Å²) in [6.07, 6.45) is -9.90. The van der Waals surface area contributed by atoms with Crippen molar-refractivity contribution < 1.29 is 43.4 Å². The maximum atomic E-state index is 14.2. The average Bonchev–Trinajstić information content (AvgIpc) is 2.73. The van der Waals surface area contributed by atoms with Crippen molar-refractivity contribution in [2.24, 2.45) is 0 Å². The molecule has 180 valence electrons. The maximum absolute atomic E-state index is 14.2. The molecule has 0 unspecified atom stereocenters. The fraction of sp³-hybridized carbons (Fsp3) is 0.190. The van der Waals surface area contributed by atoms with Gasteiger partial charge in [-0.1, -0.05) is 18.2 Å². The number of hydrogen-bond donors (Lipinski definition) is 2. The number of nitrogens with one attached hydrogen (secondary N) is 1. The summed E-state index contributed by atoms with van der Waals surface area (Å²) in [4.78, 5) is 25.0. The van der Waals surface area contributed by atoms with Gasteiger partial charge in [0.1, 0.15) is 11.5 Å². The van der Waals surface area contributed by atoms with Crippen molar-refractivity contribution in [3.8, 4) is 11.3 Å². The van der Waals surface area contributed by atoms with Gasteiger partial charge in [0.25, 0.3) is 11.5 Å². The van der Waals surface area contributed by atoms with Gasteiger partial charge in [-0.25, -0.2) is 9.07 Å². The lowest BCUT2D eigenvalue weighted by molar-refractivity contribution is -0.138. The highest BCUT2D eigenvalue weighted by atomic mass is 19.4. The minimum absolute atomic E-state index is 0.183. The first-order valence-corrected chi connectivity index (χ1v) is 9.16. The van der Waals surface area contributed by atoms with Crippen LogP contribution in [-0.4, -0.2) is 27.4 Å². The number of rotatable bonds is 5. The molecule has 0 radical (unpaired) electrons. The van der Waals surface area contributed by atoms with Gasteiger partial charge >= 0.3 is 12.4 Å². The number of nitrogens with zero attached hydrogens (tertiary/aromatic N) is 2. The second-order valence-electron chi connectivity index (χ2n) is 6.75. The molecule has 0 saturated carbocycles. The Morgan fingerprint density at radius 3 is 2.35 bits per heavy atom. The molecule has 0 aliphatic heterocycles. The van der Waals surface area contributed by atoms with Crippen molar-refractivity contribution in [3.63, 3.8) is 0 Å². The second kappa shape index (κ2) is 9.25. The molecule has 1 aromatic heterocycles. The van der Waals surface area contributed by atoms with E-state index in [1.54, 1.807) is 0 Å². The monoisotopic (exact) mass is 491 g/mol. The molecule has 0 bridgehead atoms. The first kappa shape index (κ1) is 22.1. The summed E-state index contributed by atoms with van der Waals surface area (Å²) in [5.74, 6) is -2.91. The standard InChI is InChI=1S/C21H14F7N3O3/c22-15-6-5-11(20(23,24)25)9-13(15)19(34)29-16-10-17(33)31(7-8-32)30-18(16)12-3-1-2-4-14(12)21(26,27)28/h1-6,9-10,32H,7-8H2,(H,29,34)/i8D2. The van der Waals surface area contributed by atoms with Gasteiger partial charge in [-0.05, 0) is 24.3 Å². The Hall–Kier alpha value is -3.74. The summed E-state index contributed by atoms with van der Waals surface area (Å²) in [5, 5.41) is 14.9. The number of halogens is 7. The van der Waals surface area contributed by atoms with Crippen molar-refractivity contribution in [2.75, 3.05) is 11.9 Å². The minimum atomic E-state index is -4.96. The van der Waals surface area contributed by atoms with E-state index in [0.29, 0.717) is 28.9 Å². The van der Waals surface area contributed by atoms with Crippen molar-refractivity contribution >= 4 is 11.6 Å². The Kier molecular flexibility index (Phi) is 6.01. The smallest absolute Gasteiger partial charge is 0.394 e. The number of aryl methyl sites for hydroxylation is 1. The highest BCUT2D eigenvalue weighted by Crippen LogP contribution is 2.38. The Balaban J connectivity index is 2.19. The molecule has 0 saturated heterocycles. The molecule has 0 atom stereocenters. The van der Waals surface area contributed by atoms with Crippen LogP contribution in [0.1, 0.15) is 24.2 Å². The molecule has 2 N–H and O–H groups in total. The number of carbonyl (C=O) groups is 1. The number of hydrogen-bond acceptors (Lipinski definition) is 4. The van der Waals surface area contributed by atoms with Crippen molar-refractivity contribution in [1.82, 2.24) is 9.78 Å². The molecular weight excluding hydrogens is 475 g/mol. The molecule has 2 aromatic carbocycles. The number of aromatic nitrogens is 2. The zero-order chi connectivity index (χ0) is 27.1. The molecule has 0 fully saturated rings. The largest absolute Gasteiger partial charge is 0.417 e. The van der Waals surface area contributed by atoms with Gasteiger partial charge in [0.05, 0.1) is 38.2 Å². The van der Waals surface area contributed by atoms with E-state index in [-0.39, 0.29) is 6.07 Å². The van der Waals surface area contributed by atoms with Crippen LogP contribution in [0.2, 0.25) is 0 Å². The van der Waals surface area contributed by atoms with Crippen LogP contribution in [0.4, 0.5) is 36.4 Å². The quantitative estimate of drug-likeness (QED) is 0.521. The molecule has 0 aliphatic carbocycles. The Morgan fingerprint density at radius 1 is 1.06 bits per heavy atom. The summed E-state index contributed by atoms with van der Waals surface area (Å²) in [5.41, 5.74) is -7.14. The van der Waals surface area contributed by atoms with E-state index in [1.165, 1.54) is 0 Å². The molecule has 0 aliphatic rings. The number of alkyl halides is 6. The summed E-state index contributed by atoms with van der Waals surface area (Å²) in [7, 11) is 0. The highest BCUT2D eigenvalue weighted by Gasteiger charge is 2.35. The van der Waals surface area contributed by atoms with E-state index >= 15 is 0 Å². The topological polar surface area (TPSA) is 84.2 Å². The molecule has 0 spiro atoms. The van der Waals surface area contributed by atoms with Gasteiger partial charge in [-0.2, -0.15) is 31.4 Å². The number of amides is 1. The fourth-order valence-electron chi connectivity index (χ4n) is 2.97. The van der Waals surface area contributed by atoms with E-state index < -0.39 is 76.4 Å². The van der Waals surface area contributed by atoms with Crippen LogP contribution >= 0.6 is 0 Å². The fourth-order valence-corrected chi connectivity index (χ4v) is 2.97. The van der Waals surface area contributed by atoms with Crippen LogP contribution in [0.25, 0.3) is 11.3 Å². The summed E-state index contributed by atoms with van der Waals surface area (Å²) < 4.78 is 109. The molecule has 1 heterocycles. The lowest BCUT2D eigenvalue weighted by Crippen LogP contribution is -2.27. The molecule has 1 amide bonds. The summed E-state index contributed by atoms with van der Waals surface area (Å²) in [6.45, 7) is -4.12. The van der Waals surface area contributed by atoms with E-state index in [0.717, 1.165) is 18.2 Å². The number of carbonyl (C=O) groups excluding carboxylic acids is 1. The zero-order valence-electron chi connectivity index (χ0n) is 18.6. The van der Waals surface area contributed by atoms with E-state index in [1.807, 2.05) is 5.32 Å². The van der Waals surface area contributed by atoms with Crippen molar-refractivity contribution in [3.05, 3.63) is 81.4 Å². The maximum Gasteiger partial charge on any atom is 0.417 e. The van der Waals surface area contributed by atoms with Gasteiger partial charge < -0.3 is 10.4 Å². The molecular formula is C21H14F7N3O3. The molecule has 3 rings (SSSR count). The Bertz CT molecular complexity index is 1370. The van der Waals surface area contributed by atoms with Gasteiger partial charge in [-0.15, -0.1) is 0 Å². The van der Waals surface area contributed by atoms with Crippen molar-refractivity contribution in [2.45, 2.75) is 18.9 Å². The average molecular weight is 491 g/mol. The van der Waals surface area contributed by atoms with Crippen LogP contribution in [0.3, 0.4) is 0 Å². The summed E-state index contributed by atoms with van der Waals surface area (Å²) in [6, 6.07) is 5.20. The van der Waals surface area contributed by atoms with Gasteiger partial charge in [0.15, 0.2) is 0 Å². The third-order valence-electron chi connectivity index (χ3n) is 4.49. The molecule has 6 nitrogen and oxygen atoms in total. The first-order chi connectivity index (χ1) is 16.5. The Morgan fingerprint density at radius 2 is 1.74 bits per heavy atom. The van der Waals surface area contributed by atoms with Gasteiger partial charge in [0.2, 0.25) is 0 Å². The second-order valence-corrected chi connectivity index (χ2v) is 6.75. The highest BCUT2D eigenvalue weighted by molar-refractivity contribution is 6.06.